The maximum absolute atomic E-state index is 12.1. The average Bonchev–Trinajstić information content (AvgIpc) is 2.50. The Bertz CT molecular complexity index is 475. The van der Waals surface area contributed by atoms with Crippen LogP contribution in [0.2, 0.25) is 0 Å². The summed E-state index contributed by atoms with van der Waals surface area (Å²) in [5, 5.41) is 0. The van der Waals surface area contributed by atoms with Crippen molar-refractivity contribution in [2.75, 3.05) is 33.9 Å². The van der Waals surface area contributed by atoms with Crippen LogP contribution in [0.4, 0.5) is 0 Å². The third-order valence-electron chi connectivity index (χ3n) is 3.41. The third kappa shape index (κ3) is 5.56. The summed E-state index contributed by atoms with van der Waals surface area (Å²) in [4.78, 5) is 14.0. The molecule has 22 heavy (non-hydrogen) atoms. The Morgan fingerprint density at radius 2 is 1.91 bits per heavy atom. The van der Waals surface area contributed by atoms with E-state index in [-0.39, 0.29) is 5.91 Å². The predicted octanol–water partition coefficient (Wildman–Crippen LogP) is 2.08. The molecular formula is C17H28N2O3. The van der Waals surface area contributed by atoms with E-state index in [0.29, 0.717) is 36.9 Å². The van der Waals surface area contributed by atoms with Gasteiger partial charge in [0.25, 0.3) is 0 Å². The number of hydrogen-bond donors (Lipinski definition) is 1. The molecule has 0 unspecified atom stereocenters. The summed E-state index contributed by atoms with van der Waals surface area (Å²) in [5.41, 5.74) is 6.61. The van der Waals surface area contributed by atoms with Gasteiger partial charge in [-0.2, -0.15) is 0 Å². The molecule has 0 spiro atoms. The Morgan fingerprint density at radius 3 is 2.45 bits per heavy atom. The van der Waals surface area contributed by atoms with Crippen LogP contribution in [0.15, 0.2) is 18.2 Å². The molecule has 0 heterocycles. The Morgan fingerprint density at radius 1 is 1.23 bits per heavy atom. The van der Waals surface area contributed by atoms with Crippen LogP contribution in [-0.2, 0) is 11.2 Å². The zero-order chi connectivity index (χ0) is 16.5. The van der Waals surface area contributed by atoms with Crippen molar-refractivity contribution in [3.63, 3.8) is 0 Å². The van der Waals surface area contributed by atoms with Gasteiger partial charge < -0.3 is 20.1 Å². The van der Waals surface area contributed by atoms with Gasteiger partial charge in [0.15, 0.2) is 11.5 Å². The van der Waals surface area contributed by atoms with E-state index in [1.165, 1.54) is 0 Å². The summed E-state index contributed by atoms with van der Waals surface area (Å²) in [6, 6.07) is 5.85. The maximum Gasteiger partial charge on any atom is 0.223 e. The van der Waals surface area contributed by atoms with Crippen molar-refractivity contribution in [3.8, 4) is 11.5 Å². The zero-order valence-corrected chi connectivity index (χ0v) is 14.1. The van der Waals surface area contributed by atoms with Crippen molar-refractivity contribution in [1.82, 2.24) is 4.90 Å². The third-order valence-corrected chi connectivity index (χ3v) is 3.41. The Kier molecular flexibility index (Phi) is 7.74. The molecule has 0 aliphatic carbocycles. The second kappa shape index (κ2) is 9.30. The van der Waals surface area contributed by atoms with E-state index in [1.807, 2.05) is 23.1 Å². The van der Waals surface area contributed by atoms with Crippen molar-refractivity contribution < 1.29 is 14.3 Å². The fraction of sp³-hybridized carbons (Fsp3) is 0.588. The van der Waals surface area contributed by atoms with Gasteiger partial charge in [0, 0.05) is 26.1 Å². The lowest BCUT2D eigenvalue weighted by molar-refractivity contribution is -0.131. The fourth-order valence-electron chi connectivity index (χ4n) is 2.34. The van der Waals surface area contributed by atoms with Crippen molar-refractivity contribution in [3.05, 3.63) is 23.8 Å². The van der Waals surface area contributed by atoms with Crippen molar-refractivity contribution in [1.29, 1.82) is 0 Å². The highest BCUT2D eigenvalue weighted by molar-refractivity contribution is 5.76. The number of hydrogen-bond acceptors (Lipinski definition) is 4. The quantitative estimate of drug-likeness (QED) is 0.758. The summed E-state index contributed by atoms with van der Waals surface area (Å²) in [7, 11) is 3.24. The lowest BCUT2D eigenvalue weighted by atomic mass is 10.1. The SMILES string of the molecule is COc1ccc(CCN(CC(C)C)C(=O)CCN)cc1OC. The molecule has 5 heteroatoms. The normalized spacial score (nSPS) is 10.6. The summed E-state index contributed by atoms with van der Waals surface area (Å²) in [5.74, 6) is 1.98. The van der Waals surface area contributed by atoms with Crippen LogP contribution in [0.25, 0.3) is 0 Å². The monoisotopic (exact) mass is 308 g/mol. The van der Waals surface area contributed by atoms with Gasteiger partial charge in [-0.25, -0.2) is 0 Å². The first-order valence-electron chi connectivity index (χ1n) is 7.70. The largest absolute Gasteiger partial charge is 0.493 e. The van der Waals surface area contributed by atoms with Crippen LogP contribution in [-0.4, -0.2) is 44.7 Å². The average molecular weight is 308 g/mol. The van der Waals surface area contributed by atoms with Crippen molar-refractivity contribution in [2.24, 2.45) is 11.7 Å². The summed E-state index contributed by atoms with van der Waals surface area (Å²) < 4.78 is 10.5. The molecule has 0 radical (unpaired) electrons. The summed E-state index contributed by atoms with van der Waals surface area (Å²) >= 11 is 0. The number of nitrogens with two attached hydrogens (primary N) is 1. The molecule has 1 amide bonds. The molecule has 5 nitrogen and oxygen atoms in total. The van der Waals surface area contributed by atoms with Gasteiger partial charge in [0.05, 0.1) is 14.2 Å². The molecule has 1 rings (SSSR count). The first-order valence-corrected chi connectivity index (χ1v) is 7.70. The van der Waals surface area contributed by atoms with E-state index in [1.54, 1.807) is 14.2 Å². The smallest absolute Gasteiger partial charge is 0.223 e. The maximum atomic E-state index is 12.1. The second-order valence-corrected chi connectivity index (χ2v) is 5.71. The van der Waals surface area contributed by atoms with Crippen LogP contribution >= 0.6 is 0 Å². The lowest BCUT2D eigenvalue weighted by Gasteiger charge is -2.24. The van der Waals surface area contributed by atoms with Crippen LogP contribution in [0.3, 0.4) is 0 Å². The topological polar surface area (TPSA) is 64.8 Å². The molecule has 0 saturated carbocycles. The fourth-order valence-corrected chi connectivity index (χ4v) is 2.34. The highest BCUT2D eigenvalue weighted by Gasteiger charge is 2.14. The van der Waals surface area contributed by atoms with E-state index < -0.39 is 0 Å². The number of carbonyl (C=O) groups is 1. The number of nitrogens with zero attached hydrogens (tertiary/aromatic N) is 1. The van der Waals surface area contributed by atoms with Crippen molar-refractivity contribution >= 4 is 5.91 Å². The number of carbonyl (C=O) groups excluding carboxylic acids is 1. The van der Waals surface area contributed by atoms with Gasteiger partial charge in [-0.1, -0.05) is 19.9 Å². The number of rotatable bonds is 9. The number of ether oxygens (including phenoxy) is 2. The molecule has 0 bridgehead atoms. The Hall–Kier alpha value is -1.75. The van der Waals surface area contributed by atoms with Crippen molar-refractivity contribution in [2.45, 2.75) is 26.7 Å². The number of benzene rings is 1. The van der Waals surface area contributed by atoms with Gasteiger partial charge in [-0.05, 0) is 30.0 Å². The standard InChI is InChI=1S/C17H28N2O3/c1-13(2)12-19(17(20)7-9-18)10-8-14-5-6-15(21-3)16(11-14)22-4/h5-6,11,13H,7-10,12,18H2,1-4H3. The molecule has 0 fully saturated rings. The van der Waals surface area contributed by atoms with E-state index in [9.17, 15) is 4.79 Å². The van der Waals surface area contributed by atoms with Gasteiger partial charge >= 0.3 is 0 Å². The first kappa shape index (κ1) is 18.3. The van der Waals surface area contributed by atoms with E-state index in [4.69, 9.17) is 15.2 Å². The molecule has 124 valence electrons. The number of amides is 1. The molecule has 0 aliphatic rings. The summed E-state index contributed by atoms with van der Waals surface area (Å²) in [6.07, 6.45) is 1.18. The molecular weight excluding hydrogens is 280 g/mol. The van der Waals surface area contributed by atoms with Gasteiger partial charge in [-0.3, -0.25) is 4.79 Å². The zero-order valence-electron chi connectivity index (χ0n) is 14.1. The molecule has 0 atom stereocenters. The van der Waals surface area contributed by atoms with Gasteiger partial charge in [-0.15, -0.1) is 0 Å². The molecule has 0 aromatic heterocycles. The molecule has 0 aliphatic heterocycles. The first-order chi connectivity index (χ1) is 10.5. The van der Waals surface area contributed by atoms with Crippen LogP contribution in [0, 0.1) is 5.92 Å². The van der Waals surface area contributed by atoms with Gasteiger partial charge in [0.1, 0.15) is 0 Å². The highest BCUT2D eigenvalue weighted by Crippen LogP contribution is 2.27. The van der Waals surface area contributed by atoms with Crippen LogP contribution < -0.4 is 15.2 Å². The minimum atomic E-state index is 0.122. The molecule has 2 N–H and O–H groups in total. The van der Waals surface area contributed by atoms with Crippen LogP contribution in [0.1, 0.15) is 25.8 Å². The Labute approximate surface area is 133 Å². The van der Waals surface area contributed by atoms with Gasteiger partial charge in [0.2, 0.25) is 5.91 Å². The molecule has 1 aromatic rings. The Balaban J connectivity index is 2.73. The molecule has 0 saturated heterocycles. The minimum absolute atomic E-state index is 0.122. The summed E-state index contributed by atoms with van der Waals surface area (Å²) in [6.45, 7) is 6.06. The van der Waals surface area contributed by atoms with E-state index in [2.05, 4.69) is 13.8 Å². The van der Waals surface area contributed by atoms with E-state index in [0.717, 1.165) is 18.5 Å². The minimum Gasteiger partial charge on any atom is -0.493 e. The highest BCUT2D eigenvalue weighted by atomic mass is 16.5. The number of methoxy groups -OCH3 is 2. The van der Waals surface area contributed by atoms with Crippen LogP contribution in [0.5, 0.6) is 11.5 Å². The lowest BCUT2D eigenvalue weighted by Crippen LogP contribution is -2.36. The predicted molar refractivity (Wildman–Crippen MR) is 88.3 cm³/mol. The van der Waals surface area contributed by atoms with E-state index >= 15 is 0 Å². The molecule has 1 aromatic carbocycles. The second-order valence-electron chi connectivity index (χ2n) is 5.71.